The molecule has 70 heavy (non-hydrogen) atoms. The summed E-state index contributed by atoms with van der Waals surface area (Å²) in [6, 6.07) is 76.7. The number of furan rings is 2. The van der Waals surface area contributed by atoms with E-state index in [0.717, 1.165) is 98.6 Å². The molecule has 0 spiro atoms. The third kappa shape index (κ3) is 5.95. The minimum Gasteiger partial charge on any atom is -0.456 e. The van der Waals surface area contributed by atoms with Crippen molar-refractivity contribution in [3.8, 4) is 62.1 Å². The van der Waals surface area contributed by atoms with Crippen LogP contribution < -0.4 is 0 Å². The molecule has 0 bridgehead atoms. The topological polar surface area (TPSA) is 69.9 Å². The van der Waals surface area contributed by atoms with Gasteiger partial charge in [0, 0.05) is 69.3 Å². The monoisotopic (exact) mass is 912 g/mol. The molecule has 15 aromatic rings. The predicted octanol–water partition coefficient (Wildman–Crippen LogP) is 17.5. The van der Waals surface area contributed by atoms with Crippen LogP contribution in [0.5, 0.6) is 0 Å². The van der Waals surface area contributed by atoms with Gasteiger partial charge in [-0.15, -0.1) is 11.3 Å². The van der Waals surface area contributed by atoms with Crippen molar-refractivity contribution in [2.75, 3.05) is 0 Å². The van der Waals surface area contributed by atoms with Crippen molar-refractivity contribution in [1.82, 2.24) is 19.5 Å². The van der Waals surface area contributed by atoms with Crippen molar-refractivity contribution < 1.29 is 8.83 Å². The molecule has 0 amide bonds. The number of benzene rings is 10. The number of nitrogens with zero attached hydrogens (tertiary/aromatic N) is 4. The van der Waals surface area contributed by atoms with Gasteiger partial charge in [-0.1, -0.05) is 146 Å². The molecule has 0 saturated heterocycles. The number of thiophene rings is 1. The molecule has 0 aliphatic carbocycles. The number of para-hydroxylation sites is 4. The van der Waals surface area contributed by atoms with Crippen LogP contribution in [0.1, 0.15) is 0 Å². The lowest BCUT2D eigenvalue weighted by Gasteiger charge is -2.09. The Bertz CT molecular complexity index is 4600. The standard InChI is InChI=1S/C63H36N4O2S/c1-3-14-37(15-4-1)61-64-62(50-24-12-21-47-44-19-8-10-27-55(44)69-58(47)50)66-63(65-61)51-25-13-23-49-48-22-11-20-42(59(48)70-60(49)51)40-29-32-46-45-31-28-39(35-56(45)68-57(46)36-40)38-30-33-54-52(34-38)43-18-7-9-26-53(43)67(54)41-16-5-2-6-17-41/h1-36H. The lowest BCUT2D eigenvalue weighted by atomic mass is 9.99. The maximum Gasteiger partial charge on any atom is 0.167 e. The van der Waals surface area contributed by atoms with Crippen LogP contribution in [0.3, 0.4) is 0 Å². The Labute approximate surface area is 404 Å². The van der Waals surface area contributed by atoms with E-state index in [9.17, 15) is 0 Å². The summed E-state index contributed by atoms with van der Waals surface area (Å²) in [7, 11) is 0. The van der Waals surface area contributed by atoms with E-state index in [-0.39, 0.29) is 0 Å². The van der Waals surface area contributed by atoms with Crippen LogP contribution in [0.25, 0.3) is 148 Å². The molecule has 5 aromatic heterocycles. The van der Waals surface area contributed by atoms with Crippen molar-refractivity contribution in [3.63, 3.8) is 0 Å². The fraction of sp³-hybridized carbons (Fsp3) is 0. The molecule has 6 nitrogen and oxygen atoms in total. The molecule has 15 rings (SSSR count). The van der Waals surface area contributed by atoms with Gasteiger partial charge >= 0.3 is 0 Å². The number of hydrogen-bond donors (Lipinski definition) is 0. The van der Waals surface area contributed by atoms with Crippen LogP contribution in [-0.4, -0.2) is 19.5 Å². The third-order valence-corrected chi connectivity index (χ3v) is 15.2. The van der Waals surface area contributed by atoms with Gasteiger partial charge in [-0.2, -0.15) is 0 Å². The molecular formula is C63H36N4O2S. The zero-order chi connectivity index (χ0) is 45.9. The second-order valence-corrected chi connectivity index (χ2v) is 18.9. The Kier molecular flexibility index (Phi) is 8.43. The van der Waals surface area contributed by atoms with Gasteiger partial charge in [0.15, 0.2) is 17.5 Å². The van der Waals surface area contributed by atoms with Crippen molar-refractivity contribution >= 4 is 97.2 Å². The van der Waals surface area contributed by atoms with Gasteiger partial charge in [0.2, 0.25) is 0 Å². The first kappa shape index (κ1) is 38.9. The van der Waals surface area contributed by atoms with Crippen LogP contribution in [0.15, 0.2) is 227 Å². The maximum absolute atomic E-state index is 6.75. The zero-order valence-corrected chi connectivity index (χ0v) is 38.1. The minimum absolute atomic E-state index is 0.562. The second kappa shape index (κ2) is 15.2. The number of fused-ring (bicyclic) bond motifs is 12. The molecule has 0 saturated carbocycles. The summed E-state index contributed by atoms with van der Waals surface area (Å²) in [5, 5.41) is 9.07. The van der Waals surface area contributed by atoms with Gasteiger partial charge in [0.05, 0.1) is 16.6 Å². The summed E-state index contributed by atoms with van der Waals surface area (Å²) in [4.78, 5) is 15.5. The summed E-state index contributed by atoms with van der Waals surface area (Å²) >= 11 is 1.77. The number of rotatable bonds is 6. The molecule has 5 heterocycles. The normalized spacial score (nSPS) is 12.0. The molecule has 10 aromatic carbocycles. The molecule has 0 aliphatic heterocycles. The first-order valence-electron chi connectivity index (χ1n) is 23.4. The van der Waals surface area contributed by atoms with Gasteiger partial charge in [-0.25, -0.2) is 15.0 Å². The van der Waals surface area contributed by atoms with Gasteiger partial charge in [-0.05, 0) is 95.1 Å². The summed E-state index contributed by atoms with van der Waals surface area (Å²) < 4.78 is 17.9. The summed E-state index contributed by atoms with van der Waals surface area (Å²) in [6.07, 6.45) is 0. The smallest absolute Gasteiger partial charge is 0.167 e. The quantitative estimate of drug-likeness (QED) is 0.166. The minimum atomic E-state index is 0.562. The molecule has 0 N–H and O–H groups in total. The van der Waals surface area contributed by atoms with Gasteiger partial charge in [0.25, 0.3) is 0 Å². The van der Waals surface area contributed by atoms with E-state index in [1.165, 1.54) is 31.9 Å². The van der Waals surface area contributed by atoms with Crippen molar-refractivity contribution in [3.05, 3.63) is 218 Å². The predicted molar refractivity (Wildman–Crippen MR) is 289 cm³/mol. The Hall–Kier alpha value is -9.17. The molecule has 0 unspecified atom stereocenters. The molecule has 0 radical (unpaired) electrons. The Balaban J connectivity index is 0.835. The van der Waals surface area contributed by atoms with E-state index >= 15 is 0 Å². The molecule has 7 heteroatoms. The highest BCUT2D eigenvalue weighted by Crippen LogP contribution is 2.45. The van der Waals surface area contributed by atoms with E-state index in [0.29, 0.717) is 17.5 Å². The summed E-state index contributed by atoms with van der Waals surface area (Å²) in [5.41, 5.74) is 14.0. The molecule has 326 valence electrons. The largest absolute Gasteiger partial charge is 0.456 e. The Morgan fingerprint density at radius 3 is 1.66 bits per heavy atom. The van der Waals surface area contributed by atoms with E-state index in [2.05, 4.69) is 162 Å². The second-order valence-electron chi connectivity index (χ2n) is 17.9. The summed E-state index contributed by atoms with van der Waals surface area (Å²) in [6.45, 7) is 0. The van der Waals surface area contributed by atoms with Crippen LogP contribution in [0.2, 0.25) is 0 Å². The van der Waals surface area contributed by atoms with Crippen LogP contribution in [-0.2, 0) is 0 Å². The van der Waals surface area contributed by atoms with E-state index in [1.807, 2.05) is 60.7 Å². The Morgan fingerprint density at radius 1 is 0.314 bits per heavy atom. The highest BCUT2D eigenvalue weighted by atomic mass is 32.1. The molecular weight excluding hydrogens is 877 g/mol. The summed E-state index contributed by atoms with van der Waals surface area (Å²) in [5.74, 6) is 1.77. The number of aromatic nitrogens is 4. The first-order valence-corrected chi connectivity index (χ1v) is 24.2. The van der Waals surface area contributed by atoms with Crippen molar-refractivity contribution in [2.45, 2.75) is 0 Å². The van der Waals surface area contributed by atoms with Crippen LogP contribution >= 0.6 is 11.3 Å². The fourth-order valence-corrected chi connectivity index (χ4v) is 12.0. The average Bonchev–Trinajstić information content (AvgIpc) is 4.20. The van der Waals surface area contributed by atoms with E-state index < -0.39 is 0 Å². The SMILES string of the molecule is c1ccc(-c2nc(-c3cccc4c3oc3ccccc34)nc(-c3cccc4c3sc3c(-c5ccc6c(c5)oc5cc(-c7ccc8c(c7)c7ccccc7n8-c7ccccc7)ccc56)cccc34)n2)cc1. The average molecular weight is 913 g/mol. The number of hydrogen-bond acceptors (Lipinski definition) is 6. The maximum atomic E-state index is 6.75. The Morgan fingerprint density at radius 2 is 0.857 bits per heavy atom. The lowest BCUT2D eigenvalue weighted by Crippen LogP contribution is -2.00. The first-order chi connectivity index (χ1) is 34.7. The van der Waals surface area contributed by atoms with E-state index in [1.54, 1.807) is 11.3 Å². The van der Waals surface area contributed by atoms with Crippen molar-refractivity contribution in [1.29, 1.82) is 0 Å². The third-order valence-electron chi connectivity index (χ3n) is 13.9. The van der Waals surface area contributed by atoms with Gasteiger partial charge < -0.3 is 13.4 Å². The van der Waals surface area contributed by atoms with E-state index in [4.69, 9.17) is 23.8 Å². The lowest BCUT2D eigenvalue weighted by molar-refractivity contribution is 0.669. The van der Waals surface area contributed by atoms with Gasteiger partial charge in [0.1, 0.15) is 22.3 Å². The van der Waals surface area contributed by atoms with Crippen molar-refractivity contribution in [2.24, 2.45) is 0 Å². The molecule has 0 atom stereocenters. The van der Waals surface area contributed by atoms with Gasteiger partial charge in [-0.3, -0.25) is 0 Å². The fourth-order valence-electron chi connectivity index (χ4n) is 10.6. The zero-order valence-electron chi connectivity index (χ0n) is 37.3. The van der Waals surface area contributed by atoms with Crippen LogP contribution in [0.4, 0.5) is 0 Å². The molecule has 0 aliphatic rings. The highest BCUT2D eigenvalue weighted by Gasteiger charge is 2.21. The molecule has 0 fully saturated rings. The highest BCUT2D eigenvalue weighted by molar-refractivity contribution is 7.26. The van der Waals surface area contributed by atoms with Crippen LogP contribution in [0, 0.1) is 0 Å².